The number of imide groups is 1. The van der Waals surface area contributed by atoms with Gasteiger partial charge in [0.05, 0.1) is 18.1 Å². The molecule has 2 heterocycles. The summed E-state index contributed by atoms with van der Waals surface area (Å²) in [5, 5.41) is 2.49. The number of hydrogen-bond acceptors (Lipinski definition) is 5. The first-order valence-corrected chi connectivity index (χ1v) is 10.4. The van der Waals surface area contributed by atoms with Crippen molar-refractivity contribution < 1.29 is 18.0 Å². The maximum Gasteiger partial charge on any atom is 0.325 e. The van der Waals surface area contributed by atoms with E-state index in [0.29, 0.717) is 31.1 Å². The summed E-state index contributed by atoms with van der Waals surface area (Å²) in [4.78, 5) is 26.9. The highest BCUT2D eigenvalue weighted by Gasteiger charge is 2.34. The summed E-state index contributed by atoms with van der Waals surface area (Å²) in [7, 11) is -3.59. The number of nitrogens with zero attached hydrogens (tertiary/aromatic N) is 3. The maximum atomic E-state index is 13.3. The highest BCUT2D eigenvalue weighted by atomic mass is 32.2. The van der Waals surface area contributed by atoms with Crippen LogP contribution in [-0.2, 0) is 14.8 Å². The molecule has 1 aromatic rings. The predicted octanol–water partition coefficient (Wildman–Crippen LogP) is 0.736. The lowest BCUT2D eigenvalue weighted by Gasteiger charge is -2.35. The minimum atomic E-state index is -3.59. The lowest BCUT2D eigenvalue weighted by atomic mass is 10.0. The fourth-order valence-corrected chi connectivity index (χ4v) is 5.60. The van der Waals surface area contributed by atoms with Gasteiger partial charge in [0, 0.05) is 26.2 Å². The highest BCUT2D eigenvalue weighted by molar-refractivity contribution is 7.89. The third-order valence-corrected chi connectivity index (χ3v) is 7.68. The molecule has 0 saturated carbocycles. The van der Waals surface area contributed by atoms with Gasteiger partial charge in [0.2, 0.25) is 10.0 Å². The Balaban J connectivity index is 1.74. The molecule has 2 fully saturated rings. The quantitative estimate of drug-likeness (QED) is 0.761. The fourth-order valence-electron chi connectivity index (χ4n) is 3.61. The van der Waals surface area contributed by atoms with E-state index >= 15 is 0 Å². The van der Waals surface area contributed by atoms with Crippen molar-refractivity contribution in [2.75, 3.05) is 39.4 Å². The number of hydrogen-bond donors (Lipinski definition) is 1. The van der Waals surface area contributed by atoms with E-state index in [4.69, 9.17) is 0 Å². The third-order valence-electron chi connectivity index (χ3n) is 5.50. The van der Waals surface area contributed by atoms with Crippen LogP contribution in [0.4, 0.5) is 4.79 Å². The summed E-state index contributed by atoms with van der Waals surface area (Å²) >= 11 is 0. The first kappa shape index (κ1) is 19.8. The molecule has 2 saturated heterocycles. The van der Waals surface area contributed by atoms with Crippen molar-refractivity contribution in [2.24, 2.45) is 0 Å². The van der Waals surface area contributed by atoms with Crippen LogP contribution in [0, 0.1) is 27.7 Å². The van der Waals surface area contributed by atoms with Crippen molar-refractivity contribution in [2.45, 2.75) is 32.6 Å². The maximum absolute atomic E-state index is 13.3. The third kappa shape index (κ3) is 3.59. The standard InChI is InChI=1S/C18H26N4O4S/c1-12-9-13(2)15(4)17(14(12)3)27(25,26)21-7-5-20(6-8-21)11-22-16(23)10-19-18(22)24/h9H,5-8,10-11H2,1-4H3,(H,19,24). The number of amides is 3. The molecule has 9 heteroatoms. The van der Waals surface area contributed by atoms with Crippen molar-refractivity contribution in [3.05, 3.63) is 28.3 Å². The fraction of sp³-hybridized carbons (Fsp3) is 0.556. The Labute approximate surface area is 160 Å². The predicted molar refractivity (Wildman–Crippen MR) is 101 cm³/mol. The zero-order valence-electron chi connectivity index (χ0n) is 16.2. The molecule has 0 aliphatic carbocycles. The topological polar surface area (TPSA) is 90.0 Å². The van der Waals surface area contributed by atoms with Crippen LogP contribution in [0.25, 0.3) is 0 Å². The van der Waals surface area contributed by atoms with E-state index in [-0.39, 0.29) is 19.1 Å². The van der Waals surface area contributed by atoms with Gasteiger partial charge in [0.1, 0.15) is 0 Å². The van der Waals surface area contributed by atoms with Crippen LogP contribution in [-0.4, -0.2) is 73.9 Å². The first-order chi connectivity index (χ1) is 12.6. The average Bonchev–Trinajstić information content (AvgIpc) is 2.92. The van der Waals surface area contributed by atoms with Crippen LogP contribution in [0.3, 0.4) is 0 Å². The Morgan fingerprint density at radius 2 is 1.52 bits per heavy atom. The highest BCUT2D eigenvalue weighted by Crippen LogP contribution is 2.29. The molecule has 0 aromatic heterocycles. The van der Waals surface area contributed by atoms with E-state index in [1.165, 1.54) is 9.21 Å². The summed E-state index contributed by atoms with van der Waals surface area (Å²) in [6, 6.07) is 1.62. The van der Waals surface area contributed by atoms with Crippen LogP contribution in [0.2, 0.25) is 0 Å². The number of aryl methyl sites for hydroxylation is 2. The Morgan fingerprint density at radius 1 is 0.963 bits per heavy atom. The van der Waals surface area contributed by atoms with Gasteiger partial charge in [-0.15, -0.1) is 0 Å². The number of piperazine rings is 1. The second kappa shape index (κ2) is 7.21. The molecular weight excluding hydrogens is 368 g/mol. The molecule has 2 aliphatic rings. The van der Waals surface area contributed by atoms with E-state index in [0.717, 1.165) is 22.3 Å². The largest absolute Gasteiger partial charge is 0.328 e. The van der Waals surface area contributed by atoms with Crippen molar-refractivity contribution in [3.63, 3.8) is 0 Å². The van der Waals surface area contributed by atoms with Gasteiger partial charge in [-0.25, -0.2) is 18.1 Å². The Bertz CT molecular complexity index is 847. The van der Waals surface area contributed by atoms with Gasteiger partial charge < -0.3 is 5.32 Å². The van der Waals surface area contributed by atoms with Crippen molar-refractivity contribution in [1.82, 2.24) is 19.4 Å². The van der Waals surface area contributed by atoms with Gasteiger partial charge in [-0.1, -0.05) is 6.07 Å². The van der Waals surface area contributed by atoms with Crippen molar-refractivity contribution in [3.8, 4) is 0 Å². The normalized spacial score (nSPS) is 19.6. The van der Waals surface area contributed by atoms with Gasteiger partial charge in [-0.3, -0.25) is 9.69 Å². The Morgan fingerprint density at radius 3 is 2.00 bits per heavy atom. The molecule has 0 atom stereocenters. The van der Waals surface area contributed by atoms with Crippen LogP contribution >= 0.6 is 0 Å². The van der Waals surface area contributed by atoms with E-state index in [1.54, 1.807) is 0 Å². The second-order valence-corrected chi connectivity index (χ2v) is 9.11. The van der Waals surface area contributed by atoms with Crippen LogP contribution in [0.1, 0.15) is 22.3 Å². The van der Waals surface area contributed by atoms with Gasteiger partial charge in [-0.2, -0.15) is 4.31 Å². The van der Waals surface area contributed by atoms with Gasteiger partial charge >= 0.3 is 6.03 Å². The molecule has 27 heavy (non-hydrogen) atoms. The number of carbonyl (C=O) groups is 2. The van der Waals surface area contributed by atoms with Crippen LogP contribution in [0.5, 0.6) is 0 Å². The zero-order valence-corrected chi connectivity index (χ0v) is 17.0. The summed E-state index contributed by atoms with van der Waals surface area (Å²) in [6.45, 7) is 9.38. The molecule has 3 amide bonds. The Kier molecular flexibility index (Phi) is 5.29. The van der Waals surface area contributed by atoms with E-state index < -0.39 is 16.1 Å². The lowest BCUT2D eigenvalue weighted by molar-refractivity contribution is -0.126. The number of sulfonamides is 1. The number of benzene rings is 1. The summed E-state index contributed by atoms with van der Waals surface area (Å²) < 4.78 is 28.0. The van der Waals surface area contributed by atoms with Crippen molar-refractivity contribution in [1.29, 1.82) is 0 Å². The number of nitrogens with one attached hydrogen (secondary N) is 1. The zero-order chi connectivity index (χ0) is 19.9. The number of rotatable bonds is 4. The van der Waals surface area contributed by atoms with E-state index in [9.17, 15) is 18.0 Å². The molecule has 148 valence electrons. The molecule has 0 radical (unpaired) electrons. The molecule has 1 N–H and O–H groups in total. The molecule has 2 aliphatic heterocycles. The minimum Gasteiger partial charge on any atom is -0.328 e. The second-order valence-electron chi connectivity index (χ2n) is 7.23. The molecule has 0 unspecified atom stereocenters. The first-order valence-electron chi connectivity index (χ1n) is 9.01. The summed E-state index contributed by atoms with van der Waals surface area (Å²) in [5.74, 6) is -0.253. The molecule has 8 nitrogen and oxygen atoms in total. The smallest absolute Gasteiger partial charge is 0.325 e. The van der Waals surface area contributed by atoms with Gasteiger partial charge in [0.15, 0.2) is 0 Å². The SMILES string of the molecule is Cc1cc(C)c(C)c(S(=O)(=O)N2CCN(CN3C(=O)CNC3=O)CC2)c1C. The minimum absolute atomic E-state index is 0.0262. The molecular formula is C18H26N4O4S. The van der Waals surface area contributed by atoms with Crippen molar-refractivity contribution >= 4 is 22.0 Å². The molecule has 3 rings (SSSR count). The molecule has 1 aromatic carbocycles. The van der Waals surface area contributed by atoms with Gasteiger partial charge in [-0.05, 0) is 49.9 Å². The molecule has 0 spiro atoms. The average molecular weight is 394 g/mol. The lowest BCUT2D eigenvalue weighted by Crippen LogP contribution is -2.52. The Hall–Kier alpha value is -1.97. The van der Waals surface area contributed by atoms with Gasteiger partial charge in [0.25, 0.3) is 5.91 Å². The summed E-state index contributed by atoms with van der Waals surface area (Å²) in [6.07, 6.45) is 0. The van der Waals surface area contributed by atoms with E-state index in [1.807, 2.05) is 38.7 Å². The monoisotopic (exact) mass is 394 g/mol. The number of carbonyl (C=O) groups excluding carboxylic acids is 2. The van der Waals surface area contributed by atoms with Crippen LogP contribution in [0.15, 0.2) is 11.0 Å². The number of urea groups is 1. The summed E-state index contributed by atoms with van der Waals surface area (Å²) in [5.41, 5.74) is 3.52. The van der Waals surface area contributed by atoms with E-state index in [2.05, 4.69) is 5.32 Å². The van der Waals surface area contributed by atoms with Crippen LogP contribution < -0.4 is 5.32 Å². The molecule has 0 bridgehead atoms.